The molecule has 1 aliphatic rings. The van der Waals surface area contributed by atoms with Crippen LogP contribution < -0.4 is 20.1 Å². The molecule has 2 N–H and O–H groups in total. The standard InChI is InChI=1S/C18H20N2O3.ClH/c1-22-15-9-13(10-16(11-15)23-2)18(21)20-14-5-6-17-12(8-14)4-3-7-19-17;/h5-6,8-11,19H,3-4,7H2,1-2H3,(H,20,21);1H. The molecule has 0 bridgehead atoms. The summed E-state index contributed by atoms with van der Waals surface area (Å²) in [6.07, 6.45) is 2.14. The van der Waals surface area contributed by atoms with Crippen molar-refractivity contribution < 1.29 is 14.3 Å². The van der Waals surface area contributed by atoms with E-state index >= 15 is 0 Å². The smallest absolute Gasteiger partial charge is 0.255 e. The van der Waals surface area contributed by atoms with E-state index in [1.54, 1.807) is 32.4 Å². The maximum atomic E-state index is 12.5. The molecule has 0 aromatic heterocycles. The Labute approximate surface area is 147 Å². The molecule has 0 atom stereocenters. The van der Waals surface area contributed by atoms with Gasteiger partial charge in [-0.1, -0.05) is 0 Å². The van der Waals surface area contributed by atoms with Gasteiger partial charge in [0.15, 0.2) is 0 Å². The largest absolute Gasteiger partial charge is 0.497 e. The van der Waals surface area contributed by atoms with E-state index in [1.165, 1.54) is 5.56 Å². The Balaban J connectivity index is 0.00000208. The highest BCUT2D eigenvalue weighted by Crippen LogP contribution is 2.26. The molecule has 2 aromatic rings. The number of halogens is 1. The Hall–Kier alpha value is -2.40. The Kier molecular flexibility index (Phi) is 5.93. The average Bonchev–Trinajstić information content (AvgIpc) is 2.61. The number of amides is 1. The van der Waals surface area contributed by atoms with Crippen LogP contribution in [-0.2, 0) is 6.42 Å². The highest BCUT2D eigenvalue weighted by Gasteiger charge is 2.13. The van der Waals surface area contributed by atoms with Crippen LogP contribution in [0.1, 0.15) is 22.3 Å². The van der Waals surface area contributed by atoms with Crippen molar-refractivity contribution >= 4 is 29.7 Å². The van der Waals surface area contributed by atoms with E-state index < -0.39 is 0 Å². The number of benzene rings is 2. The fraction of sp³-hybridized carbons (Fsp3) is 0.278. The first-order chi connectivity index (χ1) is 11.2. The van der Waals surface area contributed by atoms with Crippen molar-refractivity contribution in [2.45, 2.75) is 12.8 Å². The SMILES string of the molecule is COc1cc(OC)cc(C(=O)Nc2ccc3c(c2)CCCN3)c1.Cl. The Morgan fingerprint density at radius 2 is 1.79 bits per heavy atom. The van der Waals surface area contributed by atoms with Gasteiger partial charge in [-0.05, 0) is 48.7 Å². The highest BCUT2D eigenvalue weighted by atomic mass is 35.5. The number of hydrogen-bond donors (Lipinski definition) is 2. The molecule has 0 aliphatic carbocycles. The van der Waals surface area contributed by atoms with E-state index in [1.807, 2.05) is 18.2 Å². The van der Waals surface area contributed by atoms with Gasteiger partial charge in [0.1, 0.15) is 11.5 Å². The number of nitrogens with one attached hydrogen (secondary N) is 2. The minimum atomic E-state index is -0.189. The van der Waals surface area contributed by atoms with Gasteiger partial charge in [-0.15, -0.1) is 12.4 Å². The molecule has 1 aliphatic heterocycles. The quantitative estimate of drug-likeness (QED) is 0.883. The number of methoxy groups -OCH3 is 2. The third-order valence-corrected chi connectivity index (χ3v) is 3.92. The average molecular weight is 349 g/mol. The lowest BCUT2D eigenvalue weighted by Gasteiger charge is -2.19. The molecule has 0 saturated carbocycles. The summed E-state index contributed by atoms with van der Waals surface area (Å²) in [5, 5.41) is 6.29. The minimum absolute atomic E-state index is 0. The van der Waals surface area contributed by atoms with Gasteiger partial charge in [-0.25, -0.2) is 0 Å². The molecular formula is C18H21ClN2O3. The first-order valence-corrected chi connectivity index (χ1v) is 7.61. The number of carbonyl (C=O) groups is 1. The molecule has 24 heavy (non-hydrogen) atoms. The summed E-state index contributed by atoms with van der Waals surface area (Å²) in [4.78, 5) is 12.5. The third kappa shape index (κ3) is 3.92. The number of ether oxygens (including phenoxy) is 2. The van der Waals surface area contributed by atoms with Crippen molar-refractivity contribution in [2.24, 2.45) is 0 Å². The molecule has 0 spiro atoms. The first-order valence-electron chi connectivity index (χ1n) is 7.61. The van der Waals surface area contributed by atoms with Crippen molar-refractivity contribution in [3.63, 3.8) is 0 Å². The zero-order valence-electron chi connectivity index (χ0n) is 13.7. The predicted molar refractivity (Wildman–Crippen MR) is 98.0 cm³/mol. The van der Waals surface area contributed by atoms with Crippen LogP contribution in [0.25, 0.3) is 0 Å². The molecule has 0 unspecified atom stereocenters. The lowest BCUT2D eigenvalue weighted by atomic mass is 10.0. The summed E-state index contributed by atoms with van der Waals surface area (Å²) in [6, 6.07) is 11.1. The molecule has 5 nitrogen and oxygen atoms in total. The highest BCUT2D eigenvalue weighted by molar-refractivity contribution is 6.05. The lowest BCUT2D eigenvalue weighted by Crippen LogP contribution is -2.15. The van der Waals surface area contributed by atoms with E-state index in [4.69, 9.17) is 9.47 Å². The molecular weight excluding hydrogens is 328 g/mol. The second-order valence-corrected chi connectivity index (χ2v) is 5.46. The number of carbonyl (C=O) groups excluding carboxylic acids is 1. The second-order valence-electron chi connectivity index (χ2n) is 5.46. The van der Waals surface area contributed by atoms with Crippen LogP contribution in [0, 0.1) is 0 Å². The second kappa shape index (κ2) is 7.93. The van der Waals surface area contributed by atoms with Crippen molar-refractivity contribution in [1.82, 2.24) is 0 Å². The van der Waals surface area contributed by atoms with Crippen LogP contribution in [-0.4, -0.2) is 26.7 Å². The summed E-state index contributed by atoms with van der Waals surface area (Å²) in [6.45, 7) is 1.00. The van der Waals surface area contributed by atoms with E-state index in [-0.39, 0.29) is 18.3 Å². The normalized spacial score (nSPS) is 12.2. The van der Waals surface area contributed by atoms with Crippen molar-refractivity contribution in [3.8, 4) is 11.5 Å². The van der Waals surface area contributed by atoms with E-state index in [2.05, 4.69) is 10.6 Å². The maximum absolute atomic E-state index is 12.5. The van der Waals surface area contributed by atoms with Gasteiger partial charge in [0, 0.05) is 29.5 Å². The number of hydrogen-bond acceptors (Lipinski definition) is 4. The summed E-state index contributed by atoms with van der Waals surface area (Å²) < 4.78 is 10.4. The molecule has 0 radical (unpaired) electrons. The molecule has 1 amide bonds. The van der Waals surface area contributed by atoms with Crippen LogP contribution in [0.4, 0.5) is 11.4 Å². The fourth-order valence-corrected chi connectivity index (χ4v) is 2.69. The number of rotatable bonds is 4. The number of aryl methyl sites for hydroxylation is 1. The monoisotopic (exact) mass is 348 g/mol. The Morgan fingerprint density at radius 3 is 2.46 bits per heavy atom. The number of fused-ring (bicyclic) bond motifs is 1. The lowest BCUT2D eigenvalue weighted by molar-refractivity contribution is 0.102. The molecule has 1 heterocycles. The Morgan fingerprint density at radius 1 is 1.08 bits per heavy atom. The van der Waals surface area contributed by atoms with Crippen LogP contribution >= 0.6 is 12.4 Å². The third-order valence-electron chi connectivity index (χ3n) is 3.92. The maximum Gasteiger partial charge on any atom is 0.255 e. The van der Waals surface area contributed by atoms with Gasteiger partial charge in [-0.2, -0.15) is 0 Å². The van der Waals surface area contributed by atoms with Gasteiger partial charge < -0.3 is 20.1 Å². The van der Waals surface area contributed by atoms with Crippen LogP contribution in [0.2, 0.25) is 0 Å². The van der Waals surface area contributed by atoms with Gasteiger partial charge in [-0.3, -0.25) is 4.79 Å². The topological polar surface area (TPSA) is 59.6 Å². The van der Waals surface area contributed by atoms with Crippen LogP contribution in [0.15, 0.2) is 36.4 Å². The van der Waals surface area contributed by atoms with Gasteiger partial charge in [0.2, 0.25) is 0 Å². The van der Waals surface area contributed by atoms with Crippen LogP contribution in [0.3, 0.4) is 0 Å². The predicted octanol–water partition coefficient (Wildman–Crippen LogP) is 3.74. The minimum Gasteiger partial charge on any atom is -0.497 e. The molecule has 6 heteroatoms. The molecule has 3 rings (SSSR count). The summed E-state index contributed by atoms with van der Waals surface area (Å²) >= 11 is 0. The summed E-state index contributed by atoms with van der Waals surface area (Å²) in [5.41, 5.74) is 3.67. The van der Waals surface area contributed by atoms with Gasteiger partial charge in [0.05, 0.1) is 14.2 Å². The van der Waals surface area contributed by atoms with Gasteiger partial charge in [0.25, 0.3) is 5.91 Å². The van der Waals surface area contributed by atoms with E-state index in [0.29, 0.717) is 17.1 Å². The number of anilines is 2. The fourth-order valence-electron chi connectivity index (χ4n) is 2.69. The van der Waals surface area contributed by atoms with Crippen molar-refractivity contribution in [1.29, 1.82) is 0 Å². The molecule has 128 valence electrons. The Bertz CT molecular complexity index is 712. The molecule has 0 saturated heterocycles. The van der Waals surface area contributed by atoms with E-state index in [0.717, 1.165) is 30.8 Å². The molecule has 2 aromatic carbocycles. The van der Waals surface area contributed by atoms with Gasteiger partial charge >= 0.3 is 0 Å². The zero-order chi connectivity index (χ0) is 16.2. The van der Waals surface area contributed by atoms with E-state index in [9.17, 15) is 4.79 Å². The zero-order valence-corrected chi connectivity index (χ0v) is 14.5. The van der Waals surface area contributed by atoms with Crippen LogP contribution in [0.5, 0.6) is 11.5 Å². The summed E-state index contributed by atoms with van der Waals surface area (Å²) in [5.74, 6) is 0.985. The summed E-state index contributed by atoms with van der Waals surface area (Å²) in [7, 11) is 3.12. The van der Waals surface area contributed by atoms with Crippen molar-refractivity contribution in [2.75, 3.05) is 31.4 Å². The molecule has 0 fully saturated rings. The van der Waals surface area contributed by atoms with Crippen molar-refractivity contribution in [3.05, 3.63) is 47.5 Å². The first kappa shape index (κ1) is 17.9.